The standard InChI is InChI=1S/C17H31NO2S/c1-3-4-5-6-7-8-11-20-14-16(19)13-18-15(2)17-10-9-12-21-17/h9-10,12,15-16,18-19H,3-8,11,13-14H2,1-2H3/t15-,16?/m1/s1. The second kappa shape index (κ2) is 12.2. The molecule has 0 aliphatic rings. The van der Waals surface area contributed by atoms with Crippen molar-refractivity contribution in [1.82, 2.24) is 5.32 Å². The lowest BCUT2D eigenvalue weighted by Crippen LogP contribution is -2.32. The van der Waals surface area contributed by atoms with E-state index in [-0.39, 0.29) is 0 Å². The lowest BCUT2D eigenvalue weighted by atomic mass is 10.1. The normalized spacial score (nSPS) is 14.2. The van der Waals surface area contributed by atoms with Crippen LogP contribution < -0.4 is 5.32 Å². The molecule has 2 atom stereocenters. The van der Waals surface area contributed by atoms with Crippen LogP contribution in [0.15, 0.2) is 17.5 Å². The number of hydrogen-bond acceptors (Lipinski definition) is 4. The van der Waals surface area contributed by atoms with Gasteiger partial charge in [0.25, 0.3) is 0 Å². The van der Waals surface area contributed by atoms with Crippen LogP contribution in [-0.4, -0.2) is 31.0 Å². The second-order valence-corrected chi connectivity index (χ2v) is 6.62. The van der Waals surface area contributed by atoms with Crippen LogP contribution in [0.3, 0.4) is 0 Å². The van der Waals surface area contributed by atoms with Gasteiger partial charge in [0.1, 0.15) is 0 Å². The van der Waals surface area contributed by atoms with Gasteiger partial charge in [-0.15, -0.1) is 11.3 Å². The number of aliphatic hydroxyl groups excluding tert-OH is 1. The molecule has 1 rings (SSSR count). The Hall–Kier alpha value is -0.420. The molecule has 0 spiro atoms. The molecule has 1 unspecified atom stereocenters. The van der Waals surface area contributed by atoms with Crippen LogP contribution in [0.4, 0.5) is 0 Å². The number of unbranched alkanes of at least 4 members (excludes halogenated alkanes) is 5. The molecule has 0 saturated heterocycles. The maximum Gasteiger partial charge on any atom is 0.0897 e. The minimum absolute atomic E-state index is 0.290. The van der Waals surface area contributed by atoms with Crippen LogP contribution in [0, 0.1) is 0 Å². The number of nitrogens with one attached hydrogen (secondary N) is 1. The van der Waals surface area contributed by atoms with Gasteiger partial charge in [0, 0.05) is 24.1 Å². The molecule has 4 heteroatoms. The van der Waals surface area contributed by atoms with E-state index in [1.54, 1.807) is 11.3 Å². The highest BCUT2D eigenvalue weighted by molar-refractivity contribution is 7.10. The molecular formula is C17H31NO2S. The van der Waals surface area contributed by atoms with Gasteiger partial charge in [0.05, 0.1) is 12.7 Å². The Morgan fingerprint density at radius 3 is 2.71 bits per heavy atom. The van der Waals surface area contributed by atoms with Crippen LogP contribution in [-0.2, 0) is 4.74 Å². The monoisotopic (exact) mass is 313 g/mol. The van der Waals surface area contributed by atoms with Gasteiger partial charge in [0.15, 0.2) is 0 Å². The molecule has 0 aliphatic carbocycles. The molecule has 0 saturated carbocycles. The van der Waals surface area contributed by atoms with E-state index in [1.807, 2.05) is 0 Å². The molecule has 2 N–H and O–H groups in total. The fraction of sp³-hybridized carbons (Fsp3) is 0.765. The Morgan fingerprint density at radius 1 is 1.24 bits per heavy atom. The number of aliphatic hydroxyl groups is 1. The highest BCUT2D eigenvalue weighted by Crippen LogP contribution is 2.17. The first kappa shape index (κ1) is 18.6. The van der Waals surface area contributed by atoms with Crippen molar-refractivity contribution < 1.29 is 9.84 Å². The Labute approximate surface area is 133 Å². The molecule has 122 valence electrons. The van der Waals surface area contributed by atoms with Gasteiger partial charge in [-0.3, -0.25) is 0 Å². The third kappa shape index (κ3) is 9.25. The minimum atomic E-state index is -0.424. The van der Waals surface area contributed by atoms with Gasteiger partial charge in [-0.2, -0.15) is 0 Å². The minimum Gasteiger partial charge on any atom is -0.389 e. The van der Waals surface area contributed by atoms with E-state index in [2.05, 4.69) is 36.7 Å². The third-order valence-electron chi connectivity index (χ3n) is 3.58. The first-order chi connectivity index (χ1) is 10.2. The van der Waals surface area contributed by atoms with E-state index in [1.165, 1.54) is 37.0 Å². The first-order valence-electron chi connectivity index (χ1n) is 8.26. The zero-order chi connectivity index (χ0) is 15.3. The summed E-state index contributed by atoms with van der Waals surface area (Å²) in [5.74, 6) is 0. The summed E-state index contributed by atoms with van der Waals surface area (Å²) in [6.07, 6.45) is 7.20. The Bertz CT molecular complexity index is 330. The quantitative estimate of drug-likeness (QED) is 0.538. The maximum atomic E-state index is 9.88. The summed E-state index contributed by atoms with van der Waals surface area (Å²) >= 11 is 1.74. The largest absolute Gasteiger partial charge is 0.389 e. The zero-order valence-electron chi connectivity index (χ0n) is 13.5. The van der Waals surface area contributed by atoms with E-state index >= 15 is 0 Å². The van der Waals surface area contributed by atoms with Crippen LogP contribution in [0.5, 0.6) is 0 Å². The van der Waals surface area contributed by atoms with Crippen molar-refractivity contribution in [3.8, 4) is 0 Å². The van der Waals surface area contributed by atoms with Gasteiger partial charge in [0.2, 0.25) is 0 Å². The molecule has 3 nitrogen and oxygen atoms in total. The molecule has 0 radical (unpaired) electrons. The number of hydrogen-bond donors (Lipinski definition) is 2. The van der Waals surface area contributed by atoms with Gasteiger partial charge in [-0.25, -0.2) is 0 Å². The van der Waals surface area contributed by atoms with Crippen LogP contribution in [0.1, 0.15) is 63.3 Å². The summed E-state index contributed by atoms with van der Waals surface area (Å²) in [6, 6.07) is 4.46. The molecule has 1 heterocycles. The smallest absolute Gasteiger partial charge is 0.0897 e. The fourth-order valence-corrected chi connectivity index (χ4v) is 2.97. The molecule has 21 heavy (non-hydrogen) atoms. The van der Waals surface area contributed by atoms with Crippen LogP contribution in [0.2, 0.25) is 0 Å². The van der Waals surface area contributed by atoms with Gasteiger partial charge in [-0.05, 0) is 24.8 Å². The summed E-state index contributed by atoms with van der Waals surface area (Å²) in [6.45, 7) is 6.13. The van der Waals surface area contributed by atoms with Crippen molar-refractivity contribution in [3.05, 3.63) is 22.4 Å². The fourth-order valence-electron chi connectivity index (χ4n) is 2.21. The Balaban J connectivity index is 1.93. The first-order valence-corrected chi connectivity index (χ1v) is 9.14. The number of ether oxygens (including phenoxy) is 1. The lowest BCUT2D eigenvalue weighted by molar-refractivity contribution is 0.0344. The highest BCUT2D eigenvalue weighted by atomic mass is 32.1. The SMILES string of the molecule is CCCCCCCCOCC(O)CN[C@H](C)c1cccs1. The molecule has 0 amide bonds. The van der Waals surface area contributed by atoms with Gasteiger partial charge < -0.3 is 15.2 Å². The molecule has 0 aliphatic heterocycles. The summed E-state index contributed by atoms with van der Waals surface area (Å²) in [5.41, 5.74) is 0. The topological polar surface area (TPSA) is 41.5 Å². The predicted octanol–water partition coefficient (Wildman–Crippen LogP) is 4.14. The Morgan fingerprint density at radius 2 is 2.00 bits per heavy atom. The Kier molecular flexibility index (Phi) is 10.8. The second-order valence-electron chi connectivity index (χ2n) is 5.64. The van der Waals surface area contributed by atoms with Crippen molar-refractivity contribution in [2.24, 2.45) is 0 Å². The highest BCUT2D eigenvalue weighted by Gasteiger charge is 2.09. The van der Waals surface area contributed by atoms with E-state index in [0.29, 0.717) is 19.2 Å². The molecule has 0 fully saturated rings. The van der Waals surface area contributed by atoms with Crippen molar-refractivity contribution in [3.63, 3.8) is 0 Å². The predicted molar refractivity (Wildman–Crippen MR) is 90.9 cm³/mol. The van der Waals surface area contributed by atoms with E-state index in [9.17, 15) is 5.11 Å². The van der Waals surface area contributed by atoms with Crippen molar-refractivity contribution >= 4 is 11.3 Å². The molecule has 1 aromatic heterocycles. The average Bonchev–Trinajstić information content (AvgIpc) is 3.02. The summed E-state index contributed by atoms with van der Waals surface area (Å²) in [4.78, 5) is 1.30. The summed E-state index contributed by atoms with van der Waals surface area (Å²) in [7, 11) is 0. The number of thiophene rings is 1. The van der Waals surface area contributed by atoms with Gasteiger partial charge >= 0.3 is 0 Å². The maximum absolute atomic E-state index is 9.88. The lowest BCUT2D eigenvalue weighted by Gasteiger charge is -2.16. The zero-order valence-corrected chi connectivity index (χ0v) is 14.3. The number of rotatable bonds is 13. The van der Waals surface area contributed by atoms with E-state index < -0.39 is 6.10 Å². The van der Waals surface area contributed by atoms with E-state index in [0.717, 1.165) is 13.0 Å². The van der Waals surface area contributed by atoms with Crippen molar-refractivity contribution in [2.75, 3.05) is 19.8 Å². The van der Waals surface area contributed by atoms with Crippen molar-refractivity contribution in [1.29, 1.82) is 0 Å². The molecular weight excluding hydrogens is 282 g/mol. The molecule has 1 aromatic rings. The van der Waals surface area contributed by atoms with Gasteiger partial charge in [-0.1, -0.05) is 45.1 Å². The van der Waals surface area contributed by atoms with Crippen LogP contribution in [0.25, 0.3) is 0 Å². The molecule has 0 bridgehead atoms. The molecule has 0 aromatic carbocycles. The van der Waals surface area contributed by atoms with Crippen molar-refractivity contribution in [2.45, 2.75) is 64.5 Å². The third-order valence-corrected chi connectivity index (χ3v) is 4.64. The van der Waals surface area contributed by atoms with E-state index in [4.69, 9.17) is 4.74 Å². The van der Waals surface area contributed by atoms with Crippen LogP contribution >= 0.6 is 11.3 Å². The summed E-state index contributed by atoms with van der Waals surface area (Å²) in [5, 5.41) is 15.3. The summed E-state index contributed by atoms with van der Waals surface area (Å²) < 4.78 is 5.54. The average molecular weight is 314 g/mol.